The molecule has 1 aromatic heterocycles. The summed E-state index contributed by atoms with van der Waals surface area (Å²) in [6.07, 6.45) is 5.37. The SMILES string of the molecule is Cn1cc(C=C2C(=O)Nc3ccc(Cl)cc32)cn1. The molecule has 90 valence electrons. The van der Waals surface area contributed by atoms with Gasteiger partial charge in [0.25, 0.3) is 5.91 Å². The summed E-state index contributed by atoms with van der Waals surface area (Å²) in [4.78, 5) is 11.9. The Labute approximate surface area is 109 Å². The van der Waals surface area contributed by atoms with E-state index < -0.39 is 0 Å². The number of hydrogen-bond donors (Lipinski definition) is 1. The van der Waals surface area contributed by atoms with Crippen molar-refractivity contribution < 1.29 is 4.79 Å². The minimum Gasteiger partial charge on any atom is -0.321 e. The number of carbonyl (C=O) groups excluding carboxylic acids is 1. The Kier molecular flexibility index (Phi) is 2.45. The van der Waals surface area contributed by atoms with E-state index >= 15 is 0 Å². The highest BCUT2D eigenvalue weighted by Crippen LogP contribution is 2.34. The van der Waals surface area contributed by atoms with Crippen molar-refractivity contribution >= 4 is 34.8 Å². The lowest BCUT2D eigenvalue weighted by atomic mass is 10.1. The predicted octanol–water partition coefficient (Wildman–Crippen LogP) is 2.57. The predicted molar refractivity (Wildman–Crippen MR) is 71.2 cm³/mol. The number of rotatable bonds is 1. The molecule has 2 heterocycles. The van der Waals surface area contributed by atoms with Gasteiger partial charge in [-0.15, -0.1) is 0 Å². The van der Waals surface area contributed by atoms with Gasteiger partial charge in [-0.2, -0.15) is 5.10 Å². The highest BCUT2D eigenvalue weighted by Gasteiger charge is 2.24. The Hall–Kier alpha value is -2.07. The van der Waals surface area contributed by atoms with Crippen molar-refractivity contribution in [1.29, 1.82) is 0 Å². The number of halogens is 1. The van der Waals surface area contributed by atoms with Crippen molar-refractivity contribution in [1.82, 2.24) is 9.78 Å². The summed E-state index contributed by atoms with van der Waals surface area (Å²) >= 11 is 5.96. The molecule has 0 bridgehead atoms. The van der Waals surface area contributed by atoms with Crippen LogP contribution in [0.25, 0.3) is 11.6 Å². The summed E-state index contributed by atoms with van der Waals surface area (Å²) in [5, 5.41) is 7.49. The van der Waals surface area contributed by atoms with Crippen molar-refractivity contribution in [2.75, 3.05) is 5.32 Å². The van der Waals surface area contributed by atoms with Crippen molar-refractivity contribution in [2.45, 2.75) is 0 Å². The Morgan fingerprint density at radius 3 is 3.00 bits per heavy atom. The molecule has 0 spiro atoms. The van der Waals surface area contributed by atoms with E-state index in [1.165, 1.54) is 0 Å². The number of anilines is 1. The zero-order chi connectivity index (χ0) is 12.7. The van der Waals surface area contributed by atoms with Gasteiger partial charge < -0.3 is 5.32 Å². The maximum Gasteiger partial charge on any atom is 0.256 e. The highest BCUT2D eigenvalue weighted by atomic mass is 35.5. The number of hydrogen-bond acceptors (Lipinski definition) is 2. The zero-order valence-corrected chi connectivity index (χ0v) is 10.4. The number of nitrogens with one attached hydrogen (secondary N) is 1. The summed E-state index contributed by atoms with van der Waals surface area (Å²) in [6.45, 7) is 0. The quantitative estimate of drug-likeness (QED) is 0.800. The molecular formula is C13H10ClN3O. The lowest BCUT2D eigenvalue weighted by Gasteiger charge is -1.98. The van der Waals surface area contributed by atoms with Gasteiger partial charge in [-0.25, -0.2) is 0 Å². The smallest absolute Gasteiger partial charge is 0.256 e. The molecular weight excluding hydrogens is 250 g/mol. The van der Waals surface area contributed by atoms with Crippen molar-refractivity contribution in [3.63, 3.8) is 0 Å². The van der Waals surface area contributed by atoms with Crippen LogP contribution in [0, 0.1) is 0 Å². The second-order valence-corrected chi connectivity index (χ2v) is 4.59. The van der Waals surface area contributed by atoms with Gasteiger partial charge in [-0.3, -0.25) is 9.48 Å². The summed E-state index contributed by atoms with van der Waals surface area (Å²) in [7, 11) is 1.83. The fourth-order valence-corrected chi connectivity index (χ4v) is 2.16. The number of fused-ring (bicyclic) bond motifs is 1. The molecule has 0 saturated carbocycles. The van der Waals surface area contributed by atoms with Gasteiger partial charge in [0, 0.05) is 40.7 Å². The van der Waals surface area contributed by atoms with Crippen LogP contribution < -0.4 is 5.32 Å². The van der Waals surface area contributed by atoms with Gasteiger partial charge in [0.1, 0.15) is 0 Å². The average molecular weight is 260 g/mol. The fraction of sp³-hybridized carbons (Fsp3) is 0.0769. The number of carbonyl (C=O) groups is 1. The summed E-state index contributed by atoms with van der Waals surface area (Å²) < 4.78 is 1.69. The molecule has 3 rings (SSSR count). The summed E-state index contributed by atoms with van der Waals surface area (Å²) in [5.41, 5.74) is 3.12. The molecule has 1 N–H and O–H groups in total. The van der Waals surface area contributed by atoms with Crippen LogP contribution in [-0.2, 0) is 11.8 Å². The van der Waals surface area contributed by atoms with E-state index in [0.717, 1.165) is 16.8 Å². The minimum atomic E-state index is -0.115. The van der Waals surface area contributed by atoms with Gasteiger partial charge in [-0.1, -0.05) is 11.6 Å². The van der Waals surface area contributed by atoms with E-state index in [0.29, 0.717) is 10.6 Å². The summed E-state index contributed by atoms with van der Waals surface area (Å²) in [6, 6.07) is 5.35. The zero-order valence-electron chi connectivity index (χ0n) is 9.64. The van der Waals surface area contributed by atoms with Crippen molar-refractivity contribution in [3.05, 3.63) is 46.7 Å². The van der Waals surface area contributed by atoms with Crippen LogP contribution in [0.15, 0.2) is 30.6 Å². The lowest BCUT2D eigenvalue weighted by Crippen LogP contribution is -2.03. The molecule has 2 aromatic rings. The largest absolute Gasteiger partial charge is 0.321 e. The van der Waals surface area contributed by atoms with Crippen LogP contribution >= 0.6 is 11.6 Å². The van der Waals surface area contributed by atoms with Crippen LogP contribution in [-0.4, -0.2) is 15.7 Å². The molecule has 0 unspecified atom stereocenters. The van der Waals surface area contributed by atoms with E-state index in [1.54, 1.807) is 29.1 Å². The van der Waals surface area contributed by atoms with Crippen LogP contribution in [0.4, 0.5) is 5.69 Å². The molecule has 1 amide bonds. The molecule has 1 aliphatic rings. The standard InChI is InChI=1S/C13H10ClN3O/c1-17-7-8(6-15-17)4-11-10-5-9(14)2-3-12(10)16-13(11)18/h2-7H,1H3,(H,16,18). The first kappa shape index (κ1) is 11.0. The van der Waals surface area contributed by atoms with Crippen LogP contribution in [0.2, 0.25) is 5.02 Å². The molecule has 0 saturated heterocycles. The third-order valence-electron chi connectivity index (χ3n) is 2.80. The van der Waals surface area contributed by atoms with Gasteiger partial charge in [-0.05, 0) is 24.3 Å². The van der Waals surface area contributed by atoms with E-state index in [4.69, 9.17) is 11.6 Å². The van der Waals surface area contributed by atoms with Gasteiger partial charge in [0.15, 0.2) is 0 Å². The molecule has 4 nitrogen and oxygen atoms in total. The van der Waals surface area contributed by atoms with E-state index in [-0.39, 0.29) is 5.91 Å². The van der Waals surface area contributed by atoms with Gasteiger partial charge in [0.2, 0.25) is 0 Å². The maximum atomic E-state index is 11.9. The average Bonchev–Trinajstić information content (AvgIpc) is 2.86. The third kappa shape index (κ3) is 1.80. The molecule has 1 aromatic carbocycles. The molecule has 0 fully saturated rings. The maximum absolute atomic E-state index is 11.9. The molecule has 0 radical (unpaired) electrons. The highest BCUT2D eigenvalue weighted by molar-refractivity contribution is 6.36. The molecule has 0 atom stereocenters. The van der Waals surface area contributed by atoms with E-state index in [9.17, 15) is 4.79 Å². The monoisotopic (exact) mass is 259 g/mol. The van der Waals surface area contributed by atoms with Gasteiger partial charge >= 0.3 is 0 Å². The van der Waals surface area contributed by atoms with Crippen molar-refractivity contribution in [3.8, 4) is 0 Å². The Balaban J connectivity index is 2.11. The first-order chi connectivity index (χ1) is 8.63. The number of benzene rings is 1. The van der Waals surface area contributed by atoms with Crippen LogP contribution in [0.5, 0.6) is 0 Å². The lowest BCUT2D eigenvalue weighted by molar-refractivity contribution is -0.110. The number of aromatic nitrogens is 2. The molecule has 5 heteroatoms. The number of nitrogens with zero attached hydrogens (tertiary/aromatic N) is 2. The Bertz CT molecular complexity index is 673. The fourth-order valence-electron chi connectivity index (χ4n) is 1.98. The van der Waals surface area contributed by atoms with Gasteiger partial charge in [0.05, 0.1) is 6.20 Å². The van der Waals surface area contributed by atoms with Crippen LogP contribution in [0.1, 0.15) is 11.1 Å². The molecule has 0 aliphatic carbocycles. The normalized spacial score (nSPS) is 15.9. The first-order valence-electron chi connectivity index (χ1n) is 5.45. The molecule has 18 heavy (non-hydrogen) atoms. The topological polar surface area (TPSA) is 46.9 Å². The van der Waals surface area contributed by atoms with E-state index in [2.05, 4.69) is 10.4 Å². The van der Waals surface area contributed by atoms with Crippen LogP contribution in [0.3, 0.4) is 0 Å². The first-order valence-corrected chi connectivity index (χ1v) is 5.83. The third-order valence-corrected chi connectivity index (χ3v) is 3.04. The minimum absolute atomic E-state index is 0.115. The second kappa shape index (κ2) is 3.99. The van der Waals surface area contributed by atoms with Crippen molar-refractivity contribution in [2.24, 2.45) is 7.05 Å². The Morgan fingerprint density at radius 2 is 2.28 bits per heavy atom. The number of amides is 1. The molecule has 1 aliphatic heterocycles. The van der Waals surface area contributed by atoms with E-state index in [1.807, 2.05) is 19.3 Å². The Morgan fingerprint density at radius 1 is 1.44 bits per heavy atom. The number of aryl methyl sites for hydroxylation is 1. The summed E-state index contributed by atoms with van der Waals surface area (Å²) in [5.74, 6) is -0.115. The second-order valence-electron chi connectivity index (χ2n) is 4.15.